The van der Waals surface area contributed by atoms with Gasteiger partial charge in [-0.15, -0.1) is 0 Å². The highest BCUT2D eigenvalue weighted by Crippen LogP contribution is 2.29. The number of rotatable bonds is 4. The molecule has 23 heavy (non-hydrogen) atoms. The molecule has 5 heteroatoms. The minimum absolute atomic E-state index is 0.183. The van der Waals surface area contributed by atoms with Crippen LogP contribution in [0.25, 0.3) is 10.9 Å². The Hall–Kier alpha value is -2.20. The zero-order valence-electron chi connectivity index (χ0n) is 13.0. The fraction of sp³-hybridized carbons (Fsp3) is 0.222. The minimum atomic E-state index is -0.382. The van der Waals surface area contributed by atoms with E-state index in [1.54, 1.807) is 24.4 Å². The molecule has 3 aromatic rings. The molecule has 0 aliphatic rings. The predicted octanol–water partition coefficient (Wildman–Crippen LogP) is 4.81. The van der Waals surface area contributed by atoms with Crippen LogP contribution in [-0.4, -0.2) is 16.5 Å². The maximum atomic E-state index is 14.6. The molecule has 0 spiro atoms. The van der Waals surface area contributed by atoms with Gasteiger partial charge >= 0.3 is 0 Å². The van der Waals surface area contributed by atoms with Gasteiger partial charge in [0, 0.05) is 35.9 Å². The highest BCUT2D eigenvalue weighted by Gasteiger charge is 2.21. The number of nitrogens with one attached hydrogen (secondary N) is 1. The second-order valence-electron chi connectivity index (χ2n) is 6.10. The number of hydrogen-bond donors (Lipinski definition) is 1. The number of aromatic nitrogens is 2. The third kappa shape index (κ3) is 3.13. The smallest absolute Gasteiger partial charge is 0.172 e. The van der Waals surface area contributed by atoms with E-state index in [1.165, 1.54) is 6.20 Å². The van der Waals surface area contributed by atoms with Crippen LogP contribution in [0.4, 0.5) is 10.1 Å². The van der Waals surface area contributed by atoms with Gasteiger partial charge in [-0.25, -0.2) is 4.39 Å². The van der Waals surface area contributed by atoms with Crippen molar-refractivity contribution in [3.05, 3.63) is 65.3 Å². The van der Waals surface area contributed by atoms with Crippen molar-refractivity contribution in [1.82, 2.24) is 9.97 Å². The van der Waals surface area contributed by atoms with Gasteiger partial charge in [0.25, 0.3) is 0 Å². The summed E-state index contributed by atoms with van der Waals surface area (Å²) < 4.78 is 14.6. The molecule has 0 saturated heterocycles. The highest BCUT2D eigenvalue weighted by atomic mass is 35.5. The fourth-order valence-corrected chi connectivity index (χ4v) is 2.68. The third-order valence-electron chi connectivity index (χ3n) is 3.96. The molecule has 0 unspecified atom stereocenters. The van der Waals surface area contributed by atoms with E-state index in [4.69, 9.17) is 11.6 Å². The lowest BCUT2D eigenvalue weighted by Gasteiger charge is -2.26. The first kappa shape index (κ1) is 15.7. The largest absolute Gasteiger partial charge is 0.382 e. The monoisotopic (exact) mass is 329 g/mol. The molecule has 1 N–H and O–H groups in total. The van der Waals surface area contributed by atoms with Crippen molar-refractivity contribution in [2.75, 3.05) is 11.9 Å². The summed E-state index contributed by atoms with van der Waals surface area (Å²) in [4.78, 5) is 8.24. The van der Waals surface area contributed by atoms with E-state index in [9.17, 15) is 4.39 Å². The molecule has 2 aromatic heterocycles. The lowest BCUT2D eigenvalue weighted by atomic mass is 9.85. The molecule has 0 amide bonds. The van der Waals surface area contributed by atoms with Crippen LogP contribution in [0, 0.1) is 5.82 Å². The van der Waals surface area contributed by atoms with Crippen molar-refractivity contribution in [2.24, 2.45) is 0 Å². The Morgan fingerprint density at radius 2 is 2.00 bits per heavy atom. The summed E-state index contributed by atoms with van der Waals surface area (Å²) >= 11 is 6.08. The van der Waals surface area contributed by atoms with Crippen molar-refractivity contribution >= 4 is 28.2 Å². The summed E-state index contributed by atoms with van der Waals surface area (Å²) in [6, 6.07) is 9.06. The van der Waals surface area contributed by atoms with Crippen molar-refractivity contribution in [3.8, 4) is 0 Å². The fourth-order valence-electron chi connectivity index (χ4n) is 2.47. The van der Waals surface area contributed by atoms with Crippen molar-refractivity contribution in [2.45, 2.75) is 19.3 Å². The highest BCUT2D eigenvalue weighted by molar-refractivity contribution is 6.35. The van der Waals surface area contributed by atoms with Crippen molar-refractivity contribution in [1.29, 1.82) is 0 Å². The lowest BCUT2D eigenvalue weighted by molar-refractivity contribution is 0.551. The number of pyridine rings is 2. The van der Waals surface area contributed by atoms with Gasteiger partial charge in [0.05, 0.1) is 10.7 Å². The Balaban J connectivity index is 1.86. The molecule has 3 rings (SSSR count). The van der Waals surface area contributed by atoms with Gasteiger partial charge < -0.3 is 5.32 Å². The summed E-state index contributed by atoms with van der Waals surface area (Å²) in [6.07, 6.45) is 5.09. The van der Waals surface area contributed by atoms with Crippen LogP contribution < -0.4 is 5.32 Å². The van der Waals surface area contributed by atoms with Crippen molar-refractivity contribution in [3.63, 3.8) is 0 Å². The van der Waals surface area contributed by atoms with Crippen molar-refractivity contribution < 1.29 is 4.39 Å². The molecule has 3 nitrogen and oxygen atoms in total. The number of fused-ring (bicyclic) bond motifs is 1. The second-order valence-corrected chi connectivity index (χ2v) is 6.50. The van der Waals surface area contributed by atoms with Gasteiger partial charge in [-0.3, -0.25) is 9.97 Å². The normalized spacial score (nSPS) is 11.7. The quantitative estimate of drug-likeness (QED) is 0.746. The van der Waals surface area contributed by atoms with E-state index >= 15 is 0 Å². The predicted molar refractivity (Wildman–Crippen MR) is 92.5 cm³/mol. The molecular formula is C18H17ClFN3. The number of halogens is 2. The van der Waals surface area contributed by atoms with Crippen LogP contribution >= 0.6 is 11.6 Å². The average molecular weight is 330 g/mol. The number of hydrogen-bond acceptors (Lipinski definition) is 3. The Labute approximate surface area is 139 Å². The summed E-state index contributed by atoms with van der Waals surface area (Å²) in [7, 11) is 0. The first-order chi connectivity index (χ1) is 11.0. The summed E-state index contributed by atoms with van der Waals surface area (Å²) in [6.45, 7) is 4.75. The Morgan fingerprint density at radius 3 is 2.74 bits per heavy atom. The van der Waals surface area contributed by atoms with Crippen LogP contribution in [0.15, 0.2) is 48.9 Å². The van der Waals surface area contributed by atoms with Gasteiger partial charge in [0.1, 0.15) is 5.52 Å². The van der Waals surface area contributed by atoms with Gasteiger partial charge in [-0.2, -0.15) is 0 Å². The molecule has 1 aromatic carbocycles. The number of benzene rings is 1. The van der Waals surface area contributed by atoms with Crippen LogP contribution in [0.3, 0.4) is 0 Å². The third-order valence-corrected chi connectivity index (χ3v) is 4.29. The van der Waals surface area contributed by atoms with Crippen LogP contribution in [0.5, 0.6) is 0 Å². The average Bonchev–Trinajstić information content (AvgIpc) is 2.56. The number of nitrogens with zero attached hydrogens (tertiary/aromatic N) is 2. The second kappa shape index (κ2) is 6.13. The summed E-state index contributed by atoms with van der Waals surface area (Å²) in [5, 5.41) is 4.29. The Morgan fingerprint density at radius 1 is 1.17 bits per heavy atom. The van der Waals surface area contributed by atoms with Gasteiger partial charge in [-0.1, -0.05) is 31.5 Å². The Bertz CT molecular complexity index is 834. The Kier molecular flexibility index (Phi) is 4.18. The van der Waals surface area contributed by atoms with E-state index < -0.39 is 0 Å². The number of anilines is 1. The molecule has 0 radical (unpaired) electrons. The zero-order valence-corrected chi connectivity index (χ0v) is 13.7. The van der Waals surface area contributed by atoms with Gasteiger partial charge in [-0.05, 0) is 29.8 Å². The minimum Gasteiger partial charge on any atom is -0.382 e. The summed E-state index contributed by atoms with van der Waals surface area (Å²) in [5.74, 6) is -0.382. The zero-order chi connectivity index (χ0) is 16.4. The van der Waals surface area contributed by atoms with E-state index in [-0.39, 0.29) is 16.7 Å². The van der Waals surface area contributed by atoms with Crippen LogP contribution in [0.1, 0.15) is 19.4 Å². The molecule has 2 heterocycles. The first-order valence-electron chi connectivity index (χ1n) is 7.36. The van der Waals surface area contributed by atoms with E-state index in [0.29, 0.717) is 22.6 Å². The molecule has 0 bridgehead atoms. The molecule has 0 aliphatic heterocycles. The SMILES string of the molecule is CC(C)(CNc1ccc2c(Cl)ccnc2c1F)c1cccnc1. The molecule has 118 valence electrons. The lowest BCUT2D eigenvalue weighted by Crippen LogP contribution is -2.28. The maximum Gasteiger partial charge on any atom is 0.172 e. The topological polar surface area (TPSA) is 37.8 Å². The van der Waals surface area contributed by atoms with Gasteiger partial charge in [0.2, 0.25) is 0 Å². The standard InChI is InChI=1S/C18H17ClFN3/c1-18(2,12-4-3-8-21-10-12)11-23-15-6-5-13-14(19)7-9-22-17(13)16(15)20/h3-10,23H,11H2,1-2H3. The summed E-state index contributed by atoms with van der Waals surface area (Å²) in [5.41, 5.74) is 1.61. The molecule has 0 aliphatic carbocycles. The maximum absolute atomic E-state index is 14.6. The van der Waals surface area contributed by atoms with E-state index in [0.717, 1.165) is 5.56 Å². The van der Waals surface area contributed by atoms with Crippen LogP contribution in [-0.2, 0) is 5.41 Å². The van der Waals surface area contributed by atoms with E-state index in [2.05, 4.69) is 29.1 Å². The van der Waals surface area contributed by atoms with E-state index in [1.807, 2.05) is 18.3 Å². The molecule has 0 saturated carbocycles. The van der Waals surface area contributed by atoms with Gasteiger partial charge in [0.15, 0.2) is 5.82 Å². The molecule has 0 fully saturated rings. The molecular weight excluding hydrogens is 313 g/mol. The van der Waals surface area contributed by atoms with Crippen LogP contribution in [0.2, 0.25) is 5.02 Å². The molecule has 0 atom stereocenters. The first-order valence-corrected chi connectivity index (χ1v) is 7.74.